The average molecular weight is 172 g/mol. The Morgan fingerprint density at radius 3 is 2.25 bits per heavy atom. The zero-order chi connectivity index (χ0) is 9.56. The number of rotatable bonds is 5. The van der Waals surface area contributed by atoms with E-state index in [1.807, 2.05) is 6.92 Å². The molecule has 0 rings (SSSR count). The molecule has 0 aromatic rings. The molecule has 0 unspecified atom stereocenters. The van der Waals surface area contributed by atoms with Crippen molar-refractivity contribution in [1.82, 2.24) is 10.6 Å². The lowest BCUT2D eigenvalue weighted by atomic mass is 10.1. The van der Waals surface area contributed by atoms with Gasteiger partial charge in [0.05, 0.1) is 6.04 Å². The third-order valence-electron chi connectivity index (χ3n) is 1.69. The third kappa shape index (κ3) is 3.00. The zero-order valence-corrected chi connectivity index (χ0v) is 7.81. The second-order valence-corrected chi connectivity index (χ2v) is 2.57. The number of carbonyl (C=O) groups is 2. The van der Waals surface area contributed by atoms with Crippen LogP contribution in [0, 0.1) is 0 Å². The van der Waals surface area contributed by atoms with Gasteiger partial charge in [0.25, 0.3) is 5.91 Å². The summed E-state index contributed by atoms with van der Waals surface area (Å²) in [5.41, 5.74) is 0. The normalized spacial score (nSPS) is 12.2. The summed E-state index contributed by atoms with van der Waals surface area (Å²) in [5.74, 6) is -0.912. The zero-order valence-electron chi connectivity index (χ0n) is 7.81. The van der Waals surface area contributed by atoms with Crippen molar-refractivity contribution in [2.45, 2.75) is 25.8 Å². The van der Waals surface area contributed by atoms with Gasteiger partial charge in [-0.25, -0.2) is 0 Å². The molecule has 0 aliphatic rings. The minimum Gasteiger partial charge on any atom is -0.353 e. The number of hydrogen-bond donors (Lipinski definition) is 2. The summed E-state index contributed by atoms with van der Waals surface area (Å²) >= 11 is 0. The van der Waals surface area contributed by atoms with Crippen molar-refractivity contribution in [3.05, 3.63) is 0 Å². The monoisotopic (exact) mass is 172 g/mol. The summed E-state index contributed by atoms with van der Waals surface area (Å²) in [6.45, 7) is 1.97. The minimum atomic E-state index is -0.525. The van der Waals surface area contributed by atoms with Crippen LogP contribution in [0.3, 0.4) is 0 Å². The summed E-state index contributed by atoms with van der Waals surface area (Å²) in [6.07, 6.45) is 1.58. The largest absolute Gasteiger partial charge is 0.353 e. The van der Waals surface area contributed by atoms with E-state index in [1.165, 1.54) is 7.05 Å². The van der Waals surface area contributed by atoms with E-state index in [9.17, 15) is 9.59 Å². The van der Waals surface area contributed by atoms with E-state index in [0.29, 0.717) is 6.42 Å². The molecule has 1 amide bonds. The van der Waals surface area contributed by atoms with Gasteiger partial charge in [0, 0.05) is 7.05 Å². The molecule has 0 radical (unpaired) electrons. The number of hydrogen-bond acceptors (Lipinski definition) is 3. The molecule has 4 heteroatoms. The topological polar surface area (TPSA) is 58.2 Å². The average Bonchev–Trinajstić information content (AvgIpc) is 2.11. The highest BCUT2D eigenvalue weighted by Crippen LogP contribution is 1.97. The SMILES string of the molecule is CCC[C@H](NC)C(=O)C(=O)NC. The van der Waals surface area contributed by atoms with Crippen molar-refractivity contribution in [1.29, 1.82) is 0 Å². The standard InChI is InChI=1S/C8H16N2O2/c1-4-5-6(9-2)7(11)8(12)10-3/h6,9H,4-5H2,1-3H3,(H,10,12)/t6-/m0/s1. The summed E-state index contributed by atoms with van der Waals surface area (Å²) < 4.78 is 0. The maximum Gasteiger partial charge on any atom is 0.288 e. The number of nitrogens with one attached hydrogen (secondary N) is 2. The first-order chi connectivity index (χ1) is 5.67. The highest BCUT2D eigenvalue weighted by atomic mass is 16.2. The molecule has 0 heterocycles. The fourth-order valence-corrected chi connectivity index (χ4v) is 0.977. The van der Waals surface area contributed by atoms with Crippen LogP contribution in [0.4, 0.5) is 0 Å². The molecule has 0 bridgehead atoms. The van der Waals surface area contributed by atoms with Crippen LogP contribution in [0.2, 0.25) is 0 Å². The van der Waals surface area contributed by atoms with Crippen LogP contribution in [0.15, 0.2) is 0 Å². The van der Waals surface area contributed by atoms with Crippen LogP contribution in [0.1, 0.15) is 19.8 Å². The van der Waals surface area contributed by atoms with E-state index in [4.69, 9.17) is 0 Å². The molecule has 0 saturated carbocycles. The second-order valence-electron chi connectivity index (χ2n) is 2.57. The molecule has 0 aliphatic carbocycles. The number of amides is 1. The summed E-state index contributed by atoms with van der Waals surface area (Å²) in [6, 6.07) is -0.338. The van der Waals surface area contributed by atoms with Gasteiger partial charge in [-0.2, -0.15) is 0 Å². The molecule has 1 atom stereocenters. The number of likely N-dealkylation sites (N-methyl/N-ethyl adjacent to an activating group) is 2. The van der Waals surface area contributed by atoms with Crippen LogP contribution >= 0.6 is 0 Å². The quantitative estimate of drug-likeness (QED) is 0.559. The van der Waals surface area contributed by atoms with Crippen LogP contribution in [-0.2, 0) is 9.59 Å². The smallest absolute Gasteiger partial charge is 0.288 e. The van der Waals surface area contributed by atoms with E-state index in [2.05, 4.69) is 10.6 Å². The van der Waals surface area contributed by atoms with Crippen molar-refractivity contribution in [2.24, 2.45) is 0 Å². The van der Waals surface area contributed by atoms with E-state index >= 15 is 0 Å². The van der Waals surface area contributed by atoms with Gasteiger partial charge in [0.2, 0.25) is 5.78 Å². The first kappa shape index (κ1) is 11.1. The van der Waals surface area contributed by atoms with Gasteiger partial charge >= 0.3 is 0 Å². The molecule has 70 valence electrons. The van der Waals surface area contributed by atoms with Gasteiger partial charge in [-0.15, -0.1) is 0 Å². The van der Waals surface area contributed by atoms with Crippen molar-refractivity contribution in [2.75, 3.05) is 14.1 Å². The van der Waals surface area contributed by atoms with Crippen molar-refractivity contribution in [3.8, 4) is 0 Å². The molecule has 4 nitrogen and oxygen atoms in total. The van der Waals surface area contributed by atoms with E-state index in [-0.39, 0.29) is 11.8 Å². The fourth-order valence-electron chi connectivity index (χ4n) is 0.977. The van der Waals surface area contributed by atoms with Crippen LogP contribution in [0.25, 0.3) is 0 Å². The Kier molecular flexibility index (Phi) is 5.28. The van der Waals surface area contributed by atoms with Gasteiger partial charge in [-0.1, -0.05) is 13.3 Å². The minimum absolute atomic E-state index is 0.338. The lowest BCUT2D eigenvalue weighted by molar-refractivity contribution is -0.138. The van der Waals surface area contributed by atoms with Crippen LogP contribution in [0.5, 0.6) is 0 Å². The number of carbonyl (C=O) groups excluding carboxylic acids is 2. The Morgan fingerprint density at radius 2 is 1.92 bits per heavy atom. The maximum absolute atomic E-state index is 11.2. The molecule has 0 spiro atoms. The molecular formula is C8H16N2O2. The Bertz CT molecular complexity index is 168. The predicted octanol–water partition coefficient (Wildman–Crippen LogP) is -0.310. The molecule has 2 N–H and O–H groups in total. The molecule has 12 heavy (non-hydrogen) atoms. The number of ketones is 1. The highest BCUT2D eigenvalue weighted by molar-refractivity contribution is 6.38. The Balaban J connectivity index is 4.11. The summed E-state index contributed by atoms with van der Waals surface area (Å²) in [5, 5.41) is 5.12. The van der Waals surface area contributed by atoms with Gasteiger partial charge in [0.1, 0.15) is 0 Å². The van der Waals surface area contributed by atoms with Gasteiger partial charge in [0.15, 0.2) is 0 Å². The molecule has 0 fully saturated rings. The fraction of sp³-hybridized carbons (Fsp3) is 0.750. The maximum atomic E-state index is 11.2. The van der Waals surface area contributed by atoms with Gasteiger partial charge in [-0.3, -0.25) is 9.59 Å². The molecule has 0 aromatic heterocycles. The lowest BCUT2D eigenvalue weighted by Crippen LogP contribution is -2.42. The van der Waals surface area contributed by atoms with Crippen molar-refractivity contribution >= 4 is 11.7 Å². The van der Waals surface area contributed by atoms with Crippen molar-refractivity contribution < 1.29 is 9.59 Å². The first-order valence-electron chi connectivity index (χ1n) is 4.10. The van der Waals surface area contributed by atoms with E-state index < -0.39 is 5.91 Å². The molecule has 0 aromatic carbocycles. The predicted molar refractivity (Wildman–Crippen MR) is 46.8 cm³/mol. The highest BCUT2D eigenvalue weighted by Gasteiger charge is 2.21. The first-order valence-corrected chi connectivity index (χ1v) is 4.10. The van der Waals surface area contributed by atoms with E-state index in [0.717, 1.165) is 6.42 Å². The molecular weight excluding hydrogens is 156 g/mol. The summed E-state index contributed by atoms with van der Waals surface area (Å²) in [7, 11) is 3.14. The van der Waals surface area contributed by atoms with Gasteiger partial charge < -0.3 is 10.6 Å². The molecule has 0 aliphatic heterocycles. The Hall–Kier alpha value is -0.900. The number of Topliss-reactive ketones (excluding diaryl/α,β-unsaturated/α-hetero) is 1. The van der Waals surface area contributed by atoms with Crippen LogP contribution < -0.4 is 10.6 Å². The van der Waals surface area contributed by atoms with Crippen molar-refractivity contribution in [3.63, 3.8) is 0 Å². The lowest BCUT2D eigenvalue weighted by Gasteiger charge is -2.11. The second kappa shape index (κ2) is 5.71. The van der Waals surface area contributed by atoms with E-state index in [1.54, 1.807) is 7.05 Å². The summed E-state index contributed by atoms with van der Waals surface area (Å²) in [4.78, 5) is 22.1. The van der Waals surface area contributed by atoms with Crippen LogP contribution in [-0.4, -0.2) is 31.8 Å². The Labute approximate surface area is 72.7 Å². The molecule has 0 saturated heterocycles. The van der Waals surface area contributed by atoms with Gasteiger partial charge in [-0.05, 0) is 13.5 Å². The Morgan fingerprint density at radius 1 is 1.33 bits per heavy atom. The third-order valence-corrected chi connectivity index (χ3v) is 1.69.